The van der Waals surface area contributed by atoms with Crippen LogP contribution in [0, 0.1) is 11.8 Å². The molecule has 0 amide bonds. The fourth-order valence-electron chi connectivity index (χ4n) is 1.62. The molecule has 0 radical (unpaired) electrons. The van der Waals surface area contributed by atoms with E-state index in [-0.39, 0.29) is 11.8 Å². The highest BCUT2D eigenvalue weighted by Crippen LogP contribution is 2.30. The van der Waals surface area contributed by atoms with Crippen molar-refractivity contribution in [3.63, 3.8) is 0 Å². The monoisotopic (exact) mass is 272 g/mol. The minimum atomic E-state index is -0.727. The molecule has 0 fully saturated rings. The number of carbonyl (C=O) groups is 1. The zero-order valence-electron chi connectivity index (χ0n) is 9.16. The van der Waals surface area contributed by atoms with Crippen LogP contribution in [0.25, 0.3) is 0 Å². The van der Waals surface area contributed by atoms with E-state index in [1.807, 2.05) is 6.92 Å². The number of halogens is 1. The van der Waals surface area contributed by atoms with Crippen LogP contribution in [-0.4, -0.2) is 11.1 Å². The maximum atomic E-state index is 10.8. The van der Waals surface area contributed by atoms with E-state index >= 15 is 0 Å². The molecule has 0 aromatic carbocycles. The normalized spacial score (nSPS) is 23.4. The number of allylic oxidation sites excluding steroid dienone is 4. The highest BCUT2D eigenvalue weighted by Gasteiger charge is 2.18. The van der Waals surface area contributed by atoms with Crippen LogP contribution in [0.15, 0.2) is 22.2 Å². The summed E-state index contributed by atoms with van der Waals surface area (Å²) in [5.74, 6) is -0.966. The Balaban J connectivity index is 2.73. The first-order valence-corrected chi connectivity index (χ1v) is 6.11. The van der Waals surface area contributed by atoms with Crippen molar-refractivity contribution in [3.05, 3.63) is 22.2 Å². The molecule has 3 heteroatoms. The molecule has 0 heterocycles. The first-order valence-electron chi connectivity index (χ1n) is 5.32. The smallest absolute Gasteiger partial charge is 0.306 e. The van der Waals surface area contributed by atoms with E-state index in [0.29, 0.717) is 0 Å². The van der Waals surface area contributed by atoms with E-state index < -0.39 is 5.97 Å². The van der Waals surface area contributed by atoms with Gasteiger partial charge in [0.05, 0.1) is 5.92 Å². The topological polar surface area (TPSA) is 37.3 Å². The molecule has 1 aliphatic rings. The number of aliphatic carboxylic acids is 1. The van der Waals surface area contributed by atoms with Crippen LogP contribution in [0.4, 0.5) is 0 Å². The molecule has 1 rings (SSSR count). The van der Waals surface area contributed by atoms with Crippen LogP contribution in [0.1, 0.15) is 33.1 Å². The maximum Gasteiger partial charge on any atom is 0.306 e. The molecule has 15 heavy (non-hydrogen) atoms. The summed E-state index contributed by atoms with van der Waals surface area (Å²) in [6.45, 7) is 3.71. The van der Waals surface area contributed by atoms with Crippen molar-refractivity contribution in [2.24, 2.45) is 11.8 Å². The zero-order valence-corrected chi connectivity index (χ0v) is 10.8. The van der Waals surface area contributed by atoms with Gasteiger partial charge in [0, 0.05) is 4.48 Å². The third-order valence-corrected chi connectivity index (χ3v) is 3.76. The molecule has 0 aromatic heterocycles. The average Bonchev–Trinajstić information content (AvgIpc) is 2.20. The summed E-state index contributed by atoms with van der Waals surface area (Å²) in [5, 5.41) is 8.89. The largest absolute Gasteiger partial charge is 0.481 e. The lowest BCUT2D eigenvalue weighted by Crippen LogP contribution is -2.17. The Bertz CT molecular complexity index is 305. The average molecular weight is 273 g/mol. The molecule has 0 aromatic rings. The molecule has 84 valence electrons. The molecule has 2 nitrogen and oxygen atoms in total. The fourth-order valence-corrected chi connectivity index (χ4v) is 2.18. The van der Waals surface area contributed by atoms with Crippen molar-refractivity contribution >= 4 is 21.9 Å². The van der Waals surface area contributed by atoms with E-state index in [1.54, 1.807) is 6.92 Å². The molecule has 0 saturated heterocycles. The molecule has 0 saturated carbocycles. The molecule has 2 atom stereocenters. The van der Waals surface area contributed by atoms with Crippen molar-refractivity contribution < 1.29 is 9.90 Å². The van der Waals surface area contributed by atoms with Crippen molar-refractivity contribution in [2.45, 2.75) is 33.1 Å². The van der Waals surface area contributed by atoms with Crippen molar-refractivity contribution in [2.75, 3.05) is 0 Å². The summed E-state index contributed by atoms with van der Waals surface area (Å²) in [5.41, 5.74) is 1.25. The first kappa shape index (κ1) is 12.5. The van der Waals surface area contributed by atoms with Gasteiger partial charge in [-0.15, -0.1) is 0 Å². The van der Waals surface area contributed by atoms with Crippen LogP contribution >= 0.6 is 15.9 Å². The number of hydrogen-bond donors (Lipinski definition) is 1. The molecule has 0 bridgehead atoms. The first-order chi connectivity index (χ1) is 7.02. The third-order valence-electron chi connectivity index (χ3n) is 2.92. The van der Waals surface area contributed by atoms with Gasteiger partial charge in [-0.2, -0.15) is 0 Å². The second kappa shape index (κ2) is 5.50. The standard InChI is InChI=1S/C12H17BrO2/c1-8(9(2)12(14)15)7-10-5-3-4-6-11(10)13/h6-9H,3-5H2,1-2H3,(H,14,15)/b10-7+/t8-,9-/m0/s1. The Labute approximate surface area is 99.2 Å². The van der Waals surface area contributed by atoms with E-state index in [2.05, 4.69) is 28.1 Å². The summed E-state index contributed by atoms with van der Waals surface area (Å²) in [6.07, 6.45) is 7.57. The van der Waals surface area contributed by atoms with Crippen LogP contribution < -0.4 is 0 Å². The highest BCUT2D eigenvalue weighted by molar-refractivity contribution is 9.12. The lowest BCUT2D eigenvalue weighted by atomic mass is 9.91. The van der Waals surface area contributed by atoms with E-state index in [0.717, 1.165) is 23.7 Å². The Morgan fingerprint density at radius 2 is 2.27 bits per heavy atom. The van der Waals surface area contributed by atoms with Gasteiger partial charge in [-0.05, 0) is 30.8 Å². The predicted octanol–water partition coefficient (Wildman–Crippen LogP) is 3.73. The number of carboxylic acid groups (broad SMARTS) is 1. The molecule has 1 aliphatic carbocycles. The second-order valence-electron chi connectivity index (χ2n) is 4.12. The SMILES string of the molecule is C[C@H](C(=O)O)[C@@H](C)/C=C1\CCCC=C1Br. The fraction of sp³-hybridized carbons (Fsp3) is 0.583. The second-order valence-corrected chi connectivity index (χ2v) is 4.98. The van der Waals surface area contributed by atoms with Crippen LogP contribution in [0.5, 0.6) is 0 Å². The molecule has 1 N–H and O–H groups in total. The van der Waals surface area contributed by atoms with Gasteiger partial charge in [0.15, 0.2) is 0 Å². The quantitative estimate of drug-likeness (QED) is 0.850. The Kier molecular flexibility index (Phi) is 4.58. The van der Waals surface area contributed by atoms with Gasteiger partial charge in [-0.1, -0.05) is 41.9 Å². The van der Waals surface area contributed by atoms with Crippen LogP contribution in [-0.2, 0) is 4.79 Å². The van der Waals surface area contributed by atoms with Crippen molar-refractivity contribution in [1.29, 1.82) is 0 Å². The van der Waals surface area contributed by atoms with Gasteiger partial charge in [0.25, 0.3) is 0 Å². The number of rotatable bonds is 3. The summed E-state index contributed by atoms with van der Waals surface area (Å²) >= 11 is 3.51. The Morgan fingerprint density at radius 1 is 1.60 bits per heavy atom. The van der Waals surface area contributed by atoms with Gasteiger partial charge in [-0.3, -0.25) is 4.79 Å². The van der Waals surface area contributed by atoms with Crippen LogP contribution in [0.2, 0.25) is 0 Å². The molecule has 0 spiro atoms. The summed E-state index contributed by atoms with van der Waals surface area (Å²) in [7, 11) is 0. The highest BCUT2D eigenvalue weighted by atomic mass is 79.9. The lowest BCUT2D eigenvalue weighted by molar-refractivity contribution is -0.142. The van der Waals surface area contributed by atoms with Gasteiger partial charge < -0.3 is 5.11 Å². The zero-order chi connectivity index (χ0) is 11.4. The minimum absolute atomic E-state index is 0.0801. The Hall–Kier alpha value is -0.570. The Morgan fingerprint density at radius 3 is 2.80 bits per heavy atom. The molecular formula is C12H17BrO2. The number of carboxylic acids is 1. The van der Waals surface area contributed by atoms with Gasteiger partial charge in [0.2, 0.25) is 0 Å². The lowest BCUT2D eigenvalue weighted by Gasteiger charge is -2.17. The molecule has 0 aliphatic heterocycles. The maximum absolute atomic E-state index is 10.8. The number of hydrogen-bond acceptors (Lipinski definition) is 1. The van der Waals surface area contributed by atoms with E-state index in [9.17, 15) is 4.79 Å². The predicted molar refractivity (Wildman–Crippen MR) is 64.9 cm³/mol. The molecular weight excluding hydrogens is 256 g/mol. The van der Waals surface area contributed by atoms with Crippen molar-refractivity contribution in [3.8, 4) is 0 Å². The van der Waals surface area contributed by atoms with Gasteiger partial charge in [-0.25, -0.2) is 0 Å². The van der Waals surface area contributed by atoms with Crippen molar-refractivity contribution in [1.82, 2.24) is 0 Å². The summed E-state index contributed by atoms with van der Waals surface area (Å²) < 4.78 is 1.14. The summed E-state index contributed by atoms with van der Waals surface area (Å²) in [4.78, 5) is 10.8. The minimum Gasteiger partial charge on any atom is -0.481 e. The van der Waals surface area contributed by atoms with E-state index in [4.69, 9.17) is 5.11 Å². The molecule has 0 unspecified atom stereocenters. The van der Waals surface area contributed by atoms with Gasteiger partial charge in [0.1, 0.15) is 0 Å². The van der Waals surface area contributed by atoms with Gasteiger partial charge >= 0.3 is 5.97 Å². The summed E-state index contributed by atoms with van der Waals surface area (Å²) in [6, 6.07) is 0. The van der Waals surface area contributed by atoms with Crippen LogP contribution in [0.3, 0.4) is 0 Å². The third kappa shape index (κ3) is 3.49. The van der Waals surface area contributed by atoms with E-state index in [1.165, 1.54) is 5.57 Å².